The fourth-order valence-corrected chi connectivity index (χ4v) is 7.18. The first-order valence-corrected chi connectivity index (χ1v) is 14.7. The van der Waals surface area contributed by atoms with Crippen LogP contribution in [0.1, 0.15) is 43.9 Å². The first kappa shape index (κ1) is 26.4. The van der Waals surface area contributed by atoms with Crippen LogP contribution >= 0.6 is 11.6 Å². The minimum atomic E-state index is 0.0823. The predicted molar refractivity (Wildman–Crippen MR) is 158 cm³/mol. The minimum Gasteiger partial charge on any atom is -0.495 e. The number of para-hydroxylation sites is 1. The molecule has 3 aromatic rings. The van der Waals surface area contributed by atoms with Gasteiger partial charge in [-0.1, -0.05) is 35.9 Å². The molecule has 1 aromatic heterocycles. The van der Waals surface area contributed by atoms with Gasteiger partial charge in [-0.05, 0) is 75.0 Å². The van der Waals surface area contributed by atoms with Crippen LogP contribution in [0.2, 0.25) is 5.02 Å². The highest BCUT2D eigenvalue weighted by atomic mass is 35.5. The molecule has 6 rings (SSSR count). The molecule has 3 aliphatic rings. The molecule has 2 aromatic carbocycles. The number of fused-ring (bicyclic) bond motifs is 2. The van der Waals surface area contributed by atoms with E-state index < -0.39 is 0 Å². The third-order valence-corrected chi connectivity index (χ3v) is 9.15. The van der Waals surface area contributed by atoms with Crippen molar-refractivity contribution in [3.8, 4) is 22.8 Å². The van der Waals surface area contributed by atoms with Gasteiger partial charge in [0.1, 0.15) is 16.5 Å². The van der Waals surface area contributed by atoms with Crippen molar-refractivity contribution >= 4 is 17.3 Å². The van der Waals surface area contributed by atoms with Gasteiger partial charge in [0, 0.05) is 49.7 Å². The predicted octanol–water partition coefficient (Wildman–Crippen LogP) is 5.92. The van der Waals surface area contributed by atoms with Crippen LogP contribution in [0, 0.1) is 0 Å². The molecule has 0 saturated carbocycles. The first-order chi connectivity index (χ1) is 19.1. The van der Waals surface area contributed by atoms with Crippen molar-refractivity contribution in [2.75, 3.05) is 51.3 Å². The van der Waals surface area contributed by atoms with Gasteiger partial charge in [0.05, 0.1) is 30.8 Å². The lowest BCUT2D eigenvalue weighted by atomic mass is 9.69. The van der Waals surface area contributed by atoms with Crippen molar-refractivity contribution in [2.24, 2.45) is 0 Å². The summed E-state index contributed by atoms with van der Waals surface area (Å²) < 4.78 is 11.4. The summed E-state index contributed by atoms with van der Waals surface area (Å²) in [7, 11) is 1.68. The van der Waals surface area contributed by atoms with Gasteiger partial charge in [0.15, 0.2) is 0 Å². The standard InChI is InChI=1S/C32H39ClN4O2/c1-3-39-29-11-5-4-9-24(29)26-14-13-25-27(35-26)21-36(20-23-8-7-17-34-23)22-32(25)15-18-37(19-16-32)28-10-6-12-30(38-2)31(28)33/h4-6,9-14,23,34H,3,7-8,15-22H2,1-2H3/t23-/m1/s1. The molecule has 39 heavy (non-hydrogen) atoms. The topological polar surface area (TPSA) is 49.9 Å². The molecular formula is C32H39ClN4O2. The van der Waals surface area contributed by atoms with E-state index in [0.29, 0.717) is 17.7 Å². The number of pyridine rings is 1. The Hall–Kier alpha value is -2.80. The summed E-state index contributed by atoms with van der Waals surface area (Å²) in [4.78, 5) is 10.4. The van der Waals surface area contributed by atoms with E-state index in [0.717, 1.165) is 80.6 Å². The number of benzene rings is 2. The number of anilines is 1. The van der Waals surface area contributed by atoms with E-state index >= 15 is 0 Å². The van der Waals surface area contributed by atoms with Crippen LogP contribution in [0.4, 0.5) is 5.69 Å². The summed E-state index contributed by atoms with van der Waals surface area (Å²) in [6.07, 6.45) is 4.66. The van der Waals surface area contributed by atoms with Crippen molar-refractivity contribution < 1.29 is 9.47 Å². The summed E-state index contributed by atoms with van der Waals surface area (Å²) in [6.45, 7) is 8.76. The highest BCUT2D eigenvalue weighted by Gasteiger charge is 2.43. The highest BCUT2D eigenvalue weighted by Crippen LogP contribution is 2.45. The van der Waals surface area contributed by atoms with E-state index in [-0.39, 0.29) is 5.41 Å². The van der Waals surface area contributed by atoms with E-state index in [1.54, 1.807) is 7.11 Å². The molecule has 0 radical (unpaired) electrons. The first-order valence-electron chi connectivity index (χ1n) is 14.4. The van der Waals surface area contributed by atoms with E-state index in [4.69, 9.17) is 26.1 Å². The van der Waals surface area contributed by atoms with E-state index in [1.165, 1.54) is 24.1 Å². The van der Waals surface area contributed by atoms with Crippen molar-refractivity contribution in [1.29, 1.82) is 0 Å². The largest absolute Gasteiger partial charge is 0.495 e. The molecule has 2 saturated heterocycles. The lowest BCUT2D eigenvalue weighted by molar-refractivity contribution is 0.140. The van der Waals surface area contributed by atoms with Crippen LogP contribution in [0.15, 0.2) is 54.6 Å². The van der Waals surface area contributed by atoms with Gasteiger partial charge in [-0.2, -0.15) is 0 Å². The lowest BCUT2D eigenvalue weighted by Gasteiger charge is -2.49. The number of hydrogen-bond donors (Lipinski definition) is 1. The Morgan fingerprint density at radius 2 is 1.87 bits per heavy atom. The van der Waals surface area contributed by atoms with Gasteiger partial charge in [-0.3, -0.25) is 9.88 Å². The molecule has 0 unspecified atom stereocenters. The second kappa shape index (κ2) is 11.4. The Morgan fingerprint density at radius 3 is 2.64 bits per heavy atom. The molecule has 206 valence electrons. The molecule has 1 N–H and O–H groups in total. The summed E-state index contributed by atoms with van der Waals surface area (Å²) >= 11 is 6.73. The maximum atomic E-state index is 6.73. The molecule has 3 aliphatic heterocycles. The Balaban J connectivity index is 1.32. The van der Waals surface area contributed by atoms with E-state index in [2.05, 4.69) is 45.4 Å². The number of nitrogens with zero attached hydrogens (tertiary/aromatic N) is 3. The normalized spacial score (nSPS) is 20.7. The molecule has 0 amide bonds. The molecule has 0 bridgehead atoms. The molecular weight excluding hydrogens is 508 g/mol. The minimum absolute atomic E-state index is 0.0823. The van der Waals surface area contributed by atoms with Gasteiger partial charge >= 0.3 is 0 Å². The van der Waals surface area contributed by atoms with Crippen molar-refractivity contribution in [3.63, 3.8) is 0 Å². The lowest BCUT2D eigenvalue weighted by Crippen LogP contribution is -2.54. The third kappa shape index (κ3) is 5.22. The van der Waals surface area contributed by atoms with Crippen molar-refractivity contribution in [1.82, 2.24) is 15.2 Å². The summed E-state index contributed by atoms with van der Waals surface area (Å²) in [5, 5.41) is 4.41. The van der Waals surface area contributed by atoms with Crippen molar-refractivity contribution in [2.45, 2.75) is 50.6 Å². The number of nitrogens with one attached hydrogen (secondary N) is 1. The number of piperidine rings is 1. The van der Waals surface area contributed by atoms with E-state index in [9.17, 15) is 0 Å². The quantitative estimate of drug-likeness (QED) is 0.397. The van der Waals surface area contributed by atoms with Crippen LogP contribution in [-0.2, 0) is 12.0 Å². The molecule has 6 nitrogen and oxygen atoms in total. The average Bonchev–Trinajstić information content (AvgIpc) is 3.47. The monoisotopic (exact) mass is 546 g/mol. The summed E-state index contributed by atoms with van der Waals surface area (Å²) in [5.74, 6) is 1.63. The number of rotatable bonds is 7. The summed E-state index contributed by atoms with van der Waals surface area (Å²) in [6, 6.07) is 19.5. The van der Waals surface area contributed by atoms with Crippen LogP contribution in [0.3, 0.4) is 0 Å². The fourth-order valence-electron chi connectivity index (χ4n) is 6.85. The van der Waals surface area contributed by atoms with Crippen LogP contribution in [0.25, 0.3) is 11.3 Å². The number of aromatic nitrogens is 1. The second-order valence-electron chi connectivity index (χ2n) is 11.1. The van der Waals surface area contributed by atoms with Gasteiger partial charge < -0.3 is 19.7 Å². The van der Waals surface area contributed by atoms with Gasteiger partial charge in [-0.25, -0.2) is 0 Å². The SMILES string of the molecule is CCOc1ccccc1-c1ccc2c(n1)CN(C[C@H]1CCCN1)CC21CCN(c2cccc(OC)c2Cl)CC1. The van der Waals surface area contributed by atoms with Gasteiger partial charge in [0.25, 0.3) is 0 Å². The second-order valence-corrected chi connectivity index (χ2v) is 11.5. The maximum absolute atomic E-state index is 6.73. The zero-order chi connectivity index (χ0) is 26.8. The number of ether oxygens (including phenoxy) is 2. The van der Waals surface area contributed by atoms with Gasteiger partial charge in [0.2, 0.25) is 0 Å². The molecule has 1 spiro atoms. The van der Waals surface area contributed by atoms with Gasteiger partial charge in [-0.15, -0.1) is 0 Å². The Bertz CT molecular complexity index is 1300. The molecule has 0 aliphatic carbocycles. The van der Waals surface area contributed by atoms with Crippen LogP contribution < -0.4 is 19.7 Å². The zero-order valence-corrected chi connectivity index (χ0v) is 23.8. The summed E-state index contributed by atoms with van der Waals surface area (Å²) in [5.41, 5.74) is 5.85. The third-order valence-electron chi connectivity index (χ3n) is 8.77. The maximum Gasteiger partial charge on any atom is 0.139 e. The smallest absolute Gasteiger partial charge is 0.139 e. The Kier molecular flexibility index (Phi) is 7.70. The molecule has 4 heterocycles. The van der Waals surface area contributed by atoms with Crippen LogP contribution in [0.5, 0.6) is 11.5 Å². The number of halogens is 1. The van der Waals surface area contributed by atoms with E-state index in [1.807, 2.05) is 31.2 Å². The Morgan fingerprint density at radius 1 is 1.05 bits per heavy atom. The molecule has 1 atom stereocenters. The highest BCUT2D eigenvalue weighted by molar-refractivity contribution is 6.34. The number of hydrogen-bond acceptors (Lipinski definition) is 6. The van der Waals surface area contributed by atoms with Crippen LogP contribution in [-0.4, -0.2) is 62.4 Å². The van der Waals surface area contributed by atoms with Crippen molar-refractivity contribution in [3.05, 3.63) is 70.9 Å². The fraction of sp³-hybridized carbons (Fsp3) is 0.469. The zero-order valence-electron chi connectivity index (χ0n) is 23.1. The molecule has 2 fully saturated rings. The Labute approximate surface area is 237 Å². The average molecular weight is 547 g/mol. The molecule has 7 heteroatoms. The number of methoxy groups -OCH3 is 1.